The van der Waals surface area contributed by atoms with Crippen molar-refractivity contribution in [2.24, 2.45) is 4.99 Å². The quantitative estimate of drug-likeness (QED) is 0.575. The minimum absolute atomic E-state index is 0.644. The van der Waals surface area contributed by atoms with Crippen LogP contribution in [0.15, 0.2) is 47.7 Å². The van der Waals surface area contributed by atoms with E-state index in [2.05, 4.69) is 39.7 Å². The first-order valence-corrected chi connectivity index (χ1v) is 7.99. The summed E-state index contributed by atoms with van der Waals surface area (Å²) in [5.74, 6) is 0.781. The Bertz CT molecular complexity index is 754. The van der Waals surface area contributed by atoms with Gasteiger partial charge >= 0.3 is 0 Å². The van der Waals surface area contributed by atoms with Gasteiger partial charge in [-0.25, -0.2) is 4.98 Å². The second-order valence-electron chi connectivity index (χ2n) is 4.99. The van der Waals surface area contributed by atoms with Gasteiger partial charge in [-0.15, -0.1) is 11.3 Å². The third-order valence-corrected chi connectivity index (χ3v) is 4.30. The highest BCUT2D eigenvalue weighted by molar-refractivity contribution is 7.11. The van der Waals surface area contributed by atoms with Crippen LogP contribution in [0.1, 0.15) is 15.4 Å². The molecule has 0 fully saturated rings. The number of fused-ring (bicyclic) bond motifs is 1. The Balaban J connectivity index is 1.56. The molecule has 0 bridgehead atoms. The number of nitrogens with one attached hydrogen (secondary N) is 2. The Morgan fingerprint density at radius 3 is 2.82 bits per heavy atom. The van der Waals surface area contributed by atoms with Crippen LogP contribution in [0.2, 0.25) is 0 Å². The second kappa shape index (κ2) is 6.62. The molecule has 0 spiro atoms. The summed E-state index contributed by atoms with van der Waals surface area (Å²) in [4.78, 5) is 11.4. The summed E-state index contributed by atoms with van der Waals surface area (Å²) in [6.07, 6.45) is 4.02. The number of aryl methyl sites for hydroxylation is 1. The summed E-state index contributed by atoms with van der Waals surface area (Å²) in [5, 5.41) is 6.61. The number of aromatic nitrogens is 2. The van der Waals surface area contributed by atoms with Gasteiger partial charge in [-0.05, 0) is 31.2 Å². The maximum atomic E-state index is 4.56. The van der Waals surface area contributed by atoms with Crippen molar-refractivity contribution in [3.63, 3.8) is 0 Å². The molecule has 5 nitrogen and oxygen atoms in total. The molecule has 22 heavy (non-hydrogen) atoms. The van der Waals surface area contributed by atoms with E-state index in [0.717, 1.165) is 23.8 Å². The fourth-order valence-electron chi connectivity index (χ4n) is 2.22. The Morgan fingerprint density at radius 2 is 2.09 bits per heavy atom. The summed E-state index contributed by atoms with van der Waals surface area (Å²) in [5.41, 5.74) is 1.94. The molecule has 3 aromatic heterocycles. The summed E-state index contributed by atoms with van der Waals surface area (Å²) in [6.45, 7) is 3.54. The molecule has 0 amide bonds. The Labute approximate surface area is 133 Å². The molecule has 114 valence electrons. The van der Waals surface area contributed by atoms with E-state index in [1.165, 1.54) is 9.75 Å². The fraction of sp³-hybridized carbons (Fsp3) is 0.250. The van der Waals surface area contributed by atoms with Crippen LogP contribution in [-0.4, -0.2) is 22.4 Å². The Hall–Kier alpha value is -2.34. The molecule has 2 N–H and O–H groups in total. The van der Waals surface area contributed by atoms with E-state index in [4.69, 9.17) is 0 Å². The first-order chi connectivity index (χ1) is 10.7. The lowest BCUT2D eigenvalue weighted by atomic mass is 10.4. The highest BCUT2D eigenvalue weighted by Gasteiger charge is 2.03. The van der Waals surface area contributed by atoms with Crippen molar-refractivity contribution in [3.05, 3.63) is 58.2 Å². The van der Waals surface area contributed by atoms with Crippen molar-refractivity contribution in [2.45, 2.75) is 20.0 Å². The number of hydrogen-bond acceptors (Lipinski definition) is 3. The lowest BCUT2D eigenvalue weighted by molar-refractivity contribution is 0.804. The minimum Gasteiger partial charge on any atom is -0.352 e. The molecule has 6 heteroatoms. The van der Waals surface area contributed by atoms with Gasteiger partial charge in [0.2, 0.25) is 0 Å². The van der Waals surface area contributed by atoms with Crippen molar-refractivity contribution in [2.75, 3.05) is 7.05 Å². The van der Waals surface area contributed by atoms with Gasteiger partial charge in [0.05, 0.1) is 18.8 Å². The van der Waals surface area contributed by atoms with Gasteiger partial charge in [0.15, 0.2) is 5.96 Å². The van der Waals surface area contributed by atoms with Crippen molar-refractivity contribution in [3.8, 4) is 0 Å². The van der Waals surface area contributed by atoms with Crippen LogP contribution in [0.3, 0.4) is 0 Å². The summed E-state index contributed by atoms with van der Waals surface area (Å²) < 4.78 is 2.02. The third kappa shape index (κ3) is 3.46. The number of thiophene rings is 1. The monoisotopic (exact) mass is 313 g/mol. The molecular weight excluding hydrogens is 294 g/mol. The summed E-state index contributed by atoms with van der Waals surface area (Å²) in [7, 11) is 1.78. The number of aliphatic imine (C=N–C) groups is 1. The largest absolute Gasteiger partial charge is 0.352 e. The molecule has 0 radical (unpaired) electrons. The van der Waals surface area contributed by atoms with Crippen LogP contribution in [0.5, 0.6) is 0 Å². The number of guanidine groups is 1. The standard InChI is InChI=1S/C16H19N5S/c1-12-6-7-14(22-12)10-19-16(17-2)18-9-13-11-21-8-4-3-5-15(21)20-13/h3-8,11H,9-10H2,1-2H3,(H2,17,18,19). The number of hydrogen-bond donors (Lipinski definition) is 2. The van der Waals surface area contributed by atoms with Crippen molar-refractivity contribution < 1.29 is 0 Å². The predicted molar refractivity (Wildman–Crippen MR) is 91.3 cm³/mol. The van der Waals surface area contributed by atoms with Crippen LogP contribution in [0.25, 0.3) is 5.65 Å². The van der Waals surface area contributed by atoms with Crippen molar-refractivity contribution >= 4 is 22.9 Å². The summed E-state index contributed by atoms with van der Waals surface area (Å²) in [6, 6.07) is 10.3. The van der Waals surface area contributed by atoms with E-state index in [0.29, 0.717) is 6.54 Å². The predicted octanol–water partition coefficient (Wildman–Crippen LogP) is 2.57. The van der Waals surface area contributed by atoms with E-state index in [-0.39, 0.29) is 0 Å². The van der Waals surface area contributed by atoms with Crippen LogP contribution in [-0.2, 0) is 13.1 Å². The number of imidazole rings is 1. The zero-order valence-electron chi connectivity index (χ0n) is 12.7. The fourth-order valence-corrected chi connectivity index (χ4v) is 3.05. The lowest BCUT2D eigenvalue weighted by Gasteiger charge is -2.09. The molecule has 0 aliphatic rings. The molecule has 3 aromatic rings. The maximum absolute atomic E-state index is 4.56. The third-order valence-electron chi connectivity index (χ3n) is 3.30. The van der Waals surface area contributed by atoms with E-state index in [1.54, 1.807) is 18.4 Å². The molecule has 0 atom stereocenters. The first kappa shape index (κ1) is 14.6. The average molecular weight is 313 g/mol. The van der Waals surface area contributed by atoms with E-state index in [1.807, 2.05) is 35.0 Å². The topological polar surface area (TPSA) is 53.7 Å². The van der Waals surface area contributed by atoms with Crippen molar-refractivity contribution in [1.29, 1.82) is 0 Å². The number of pyridine rings is 1. The van der Waals surface area contributed by atoms with Gasteiger partial charge in [-0.1, -0.05) is 6.07 Å². The number of nitrogens with zero attached hydrogens (tertiary/aromatic N) is 3. The van der Waals surface area contributed by atoms with E-state index in [9.17, 15) is 0 Å². The van der Waals surface area contributed by atoms with Crippen LogP contribution < -0.4 is 10.6 Å². The molecule has 0 aliphatic heterocycles. The van der Waals surface area contributed by atoms with Gasteiger partial charge < -0.3 is 15.0 Å². The highest BCUT2D eigenvalue weighted by Crippen LogP contribution is 2.14. The molecule has 3 heterocycles. The van der Waals surface area contributed by atoms with Crippen molar-refractivity contribution in [1.82, 2.24) is 20.0 Å². The Kier molecular flexibility index (Phi) is 4.39. The van der Waals surface area contributed by atoms with E-state index < -0.39 is 0 Å². The normalized spacial score (nSPS) is 11.8. The van der Waals surface area contributed by atoms with Gasteiger partial charge in [0.25, 0.3) is 0 Å². The SMILES string of the molecule is CN=C(NCc1cn2ccccc2n1)NCc1ccc(C)s1. The minimum atomic E-state index is 0.644. The van der Waals surface area contributed by atoms with Gasteiger partial charge in [-0.3, -0.25) is 4.99 Å². The van der Waals surface area contributed by atoms with Gasteiger partial charge in [0, 0.05) is 29.2 Å². The van der Waals surface area contributed by atoms with Crippen LogP contribution in [0, 0.1) is 6.92 Å². The smallest absolute Gasteiger partial charge is 0.191 e. The molecule has 0 aliphatic carbocycles. The Morgan fingerprint density at radius 1 is 1.23 bits per heavy atom. The zero-order chi connectivity index (χ0) is 15.4. The zero-order valence-corrected chi connectivity index (χ0v) is 13.5. The highest BCUT2D eigenvalue weighted by atomic mass is 32.1. The maximum Gasteiger partial charge on any atom is 0.191 e. The first-order valence-electron chi connectivity index (χ1n) is 7.17. The van der Waals surface area contributed by atoms with Gasteiger partial charge in [0.1, 0.15) is 5.65 Å². The average Bonchev–Trinajstić information content (AvgIpc) is 3.13. The van der Waals surface area contributed by atoms with E-state index >= 15 is 0 Å². The van der Waals surface area contributed by atoms with Crippen LogP contribution in [0.4, 0.5) is 0 Å². The molecular formula is C16H19N5S. The second-order valence-corrected chi connectivity index (χ2v) is 6.36. The lowest BCUT2D eigenvalue weighted by Crippen LogP contribution is -2.36. The molecule has 0 saturated carbocycles. The van der Waals surface area contributed by atoms with Gasteiger partial charge in [-0.2, -0.15) is 0 Å². The van der Waals surface area contributed by atoms with Crippen LogP contribution >= 0.6 is 11.3 Å². The molecule has 0 saturated heterocycles. The summed E-state index contributed by atoms with van der Waals surface area (Å²) >= 11 is 1.80. The number of rotatable bonds is 4. The molecule has 0 aromatic carbocycles. The molecule has 0 unspecified atom stereocenters. The molecule has 3 rings (SSSR count).